The molecule has 3 aromatic rings. The summed E-state index contributed by atoms with van der Waals surface area (Å²) in [7, 11) is 0. The summed E-state index contributed by atoms with van der Waals surface area (Å²) in [5.41, 5.74) is 3.10. The van der Waals surface area contributed by atoms with Crippen LogP contribution in [0.15, 0.2) is 67.5 Å². The highest BCUT2D eigenvalue weighted by atomic mass is 32.1. The average Bonchev–Trinajstić information content (AvgIpc) is 3.09. The molecule has 0 saturated carbocycles. The van der Waals surface area contributed by atoms with E-state index in [1.54, 1.807) is 24.9 Å². The molecule has 0 spiro atoms. The Kier molecular flexibility index (Phi) is 4.41. The zero-order valence-corrected chi connectivity index (χ0v) is 12.6. The molecule has 0 atom stereocenters. The molecule has 0 aliphatic carbocycles. The minimum atomic E-state index is 0.576. The van der Waals surface area contributed by atoms with Gasteiger partial charge in [-0.25, -0.2) is 4.98 Å². The Morgan fingerprint density at radius 1 is 1.09 bits per heavy atom. The molecule has 2 N–H and O–H groups in total. The summed E-state index contributed by atoms with van der Waals surface area (Å²) in [5.74, 6) is 0. The van der Waals surface area contributed by atoms with Crippen molar-refractivity contribution in [2.24, 2.45) is 0 Å². The first kappa shape index (κ1) is 14.2. The first-order chi connectivity index (χ1) is 10.8. The van der Waals surface area contributed by atoms with E-state index < -0.39 is 0 Å². The largest absolute Gasteiger partial charge is 0.358 e. The number of nitrogens with one attached hydrogen (secondary N) is 2. The Labute approximate surface area is 134 Å². The summed E-state index contributed by atoms with van der Waals surface area (Å²) in [4.78, 5) is 8.07. The zero-order chi connectivity index (χ0) is 15.2. The van der Waals surface area contributed by atoms with E-state index >= 15 is 0 Å². The van der Waals surface area contributed by atoms with Gasteiger partial charge in [-0.2, -0.15) is 0 Å². The van der Waals surface area contributed by atoms with Crippen LogP contribution in [0.1, 0.15) is 5.56 Å². The van der Waals surface area contributed by atoms with Gasteiger partial charge in [0.05, 0.1) is 18.2 Å². The number of rotatable bonds is 4. The van der Waals surface area contributed by atoms with Gasteiger partial charge >= 0.3 is 0 Å². The lowest BCUT2D eigenvalue weighted by atomic mass is 10.2. The van der Waals surface area contributed by atoms with Crippen molar-refractivity contribution in [3.8, 4) is 5.69 Å². The quantitative estimate of drug-likeness (QED) is 0.726. The molecule has 0 fully saturated rings. The SMILES string of the molecule is S=C(NCc1ccc(-n2ccnc2)cc1)Nc1cccnc1. The molecular formula is C16H15N5S. The number of pyridine rings is 1. The van der Waals surface area contributed by atoms with Crippen LogP contribution in [0.3, 0.4) is 0 Å². The van der Waals surface area contributed by atoms with Crippen molar-refractivity contribution >= 4 is 23.0 Å². The minimum absolute atomic E-state index is 0.576. The highest BCUT2D eigenvalue weighted by Crippen LogP contribution is 2.09. The van der Waals surface area contributed by atoms with Crippen LogP contribution in [0.25, 0.3) is 5.69 Å². The number of nitrogens with zero attached hydrogens (tertiary/aromatic N) is 3. The molecule has 0 aliphatic rings. The van der Waals surface area contributed by atoms with E-state index in [2.05, 4.69) is 44.9 Å². The van der Waals surface area contributed by atoms with Gasteiger partial charge in [0.15, 0.2) is 5.11 Å². The number of imidazole rings is 1. The van der Waals surface area contributed by atoms with Gasteiger partial charge in [-0.3, -0.25) is 4.98 Å². The molecule has 0 unspecified atom stereocenters. The monoisotopic (exact) mass is 309 g/mol. The predicted octanol–water partition coefficient (Wildman–Crippen LogP) is 2.75. The number of aromatic nitrogens is 3. The van der Waals surface area contributed by atoms with Gasteiger partial charge in [0.1, 0.15) is 0 Å². The lowest BCUT2D eigenvalue weighted by molar-refractivity contribution is 0.923. The van der Waals surface area contributed by atoms with E-state index in [0.717, 1.165) is 16.9 Å². The summed E-state index contributed by atoms with van der Waals surface area (Å²) in [5, 5.41) is 6.84. The standard InChI is InChI=1S/C16H15N5S/c22-16(20-14-2-1-7-17-11-14)19-10-13-3-5-15(6-4-13)21-9-8-18-12-21/h1-9,11-12H,10H2,(H2,19,20,22). The second-order valence-corrected chi connectivity index (χ2v) is 5.09. The van der Waals surface area contributed by atoms with Gasteiger partial charge in [-0.05, 0) is 42.0 Å². The van der Waals surface area contributed by atoms with Crippen LogP contribution in [0, 0.1) is 0 Å². The van der Waals surface area contributed by atoms with Crippen molar-refractivity contribution < 1.29 is 0 Å². The Morgan fingerprint density at radius 2 is 1.95 bits per heavy atom. The molecule has 2 aromatic heterocycles. The van der Waals surface area contributed by atoms with Crippen molar-refractivity contribution in [3.05, 3.63) is 73.1 Å². The van der Waals surface area contributed by atoms with Gasteiger partial charge in [0.25, 0.3) is 0 Å². The molecule has 1 aromatic carbocycles. The maximum absolute atomic E-state index is 5.26. The fraction of sp³-hybridized carbons (Fsp3) is 0.0625. The minimum Gasteiger partial charge on any atom is -0.358 e. The van der Waals surface area contributed by atoms with Crippen molar-refractivity contribution in [1.29, 1.82) is 0 Å². The third-order valence-corrected chi connectivity index (χ3v) is 3.36. The Morgan fingerprint density at radius 3 is 2.64 bits per heavy atom. The van der Waals surface area contributed by atoms with Crippen LogP contribution < -0.4 is 10.6 Å². The highest BCUT2D eigenvalue weighted by molar-refractivity contribution is 7.80. The summed E-state index contributed by atoms with van der Waals surface area (Å²) >= 11 is 5.26. The Bertz CT molecular complexity index is 723. The third kappa shape index (κ3) is 3.67. The number of thiocarbonyl (C=S) groups is 1. The number of benzene rings is 1. The fourth-order valence-corrected chi connectivity index (χ4v) is 2.18. The van der Waals surface area contributed by atoms with Gasteiger partial charge in [-0.15, -0.1) is 0 Å². The van der Waals surface area contributed by atoms with Crippen LogP contribution in [-0.4, -0.2) is 19.6 Å². The van der Waals surface area contributed by atoms with Gasteiger partial charge in [0, 0.05) is 30.8 Å². The molecule has 110 valence electrons. The van der Waals surface area contributed by atoms with Gasteiger partial charge in [0.2, 0.25) is 0 Å². The summed E-state index contributed by atoms with van der Waals surface area (Å²) in [6.07, 6.45) is 8.91. The molecule has 0 amide bonds. The molecule has 2 heterocycles. The Hall–Kier alpha value is -2.73. The van der Waals surface area contributed by atoms with Gasteiger partial charge < -0.3 is 15.2 Å². The molecule has 0 radical (unpaired) electrons. The van der Waals surface area contributed by atoms with Crippen LogP contribution >= 0.6 is 12.2 Å². The second-order valence-electron chi connectivity index (χ2n) is 4.69. The van der Waals surface area contributed by atoms with E-state index in [1.807, 2.05) is 22.9 Å². The van der Waals surface area contributed by atoms with E-state index in [-0.39, 0.29) is 0 Å². The normalized spacial score (nSPS) is 10.2. The average molecular weight is 309 g/mol. The molecule has 0 aliphatic heterocycles. The summed E-state index contributed by atoms with van der Waals surface area (Å²) < 4.78 is 1.96. The maximum atomic E-state index is 5.26. The second kappa shape index (κ2) is 6.82. The lowest BCUT2D eigenvalue weighted by Gasteiger charge is -2.10. The topological polar surface area (TPSA) is 54.8 Å². The molecular weight excluding hydrogens is 294 g/mol. The van der Waals surface area contributed by atoms with E-state index in [9.17, 15) is 0 Å². The first-order valence-electron chi connectivity index (χ1n) is 6.83. The summed E-state index contributed by atoms with van der Waals surface area (Å²) in [6, 6.07) is 12.0. The van der Waals surface area contributed by atoms with Crippen LogP contribution in [-0.2, 0) is 6.54 Å². The number of hydrogen-bond donors (Lipinski definition) is 2. The van der Waals surface area contributed by atoms with Crippen LogP contribution in [0.2, 0.25) is 0 Å². The highest BCUT2D eigenvalue weighted by Gasteiger charge is 1.99. The smallest absolute Gasteiger partial charge is 0.171 e. The first-order valence-corrected chi connectivity index (χ1v) is 7.24. The number of anilines is 1. The molecule has 22 heavy (non-hydrogen) atoms. The summed E-state index contributed by atoms with van der Waals surface area (Å²) in [6.45, 7) is 0.663. The van der Waals surface area contributed by atoms with E-state index in [4.69, 9.17) is 12.2 Å². The predicted molar refractivity (Wildman–Crippen MR) is 90.9 cm³/mol. The number of hydrogen-bond acceptors (Lipinski definition) is 3. The zero-order valence-electron chi connectivity index (χ0n) is 11.8. The van der Waals surface area contributed by atoms with Crippen molar-refractivity contribution in [1.82, 2.24) is 19.9 Å². The maximum Gasteiger partial charge on any atom is 0.171 e. The van der Waals surface area contributed by atoms with E-state index in [1.165, 1.54) is 0 Å². The van der Waals surface area contributed by atoms with Crippen LogP contribution in [0.5, 0.6) is 0 Å². The Balaban J connectivity index is 1.54. The molecule has 6 heteroatoms. The molecule has 3 rings (SSSR count). The molecule has 0 bridgehead atoms. The van der Waals surface area contributed by atoms with Crippen molar-refractivity contribution in [3.63, 3.8) is 0 Å². The van der Waals surface area contributed by atoms with Crippen molar-refractivity contribution in [2.45, 2.75) is 6.54 Å². The van der Waals surface area contributed by atoms with Crippen LogP contribution in [0.4, 0.5) is 5.69 Å². The molecule has 5 nitrogen and oxygen atoms in total. The molecule has 0 saturated heterocycles. The third-order valence-electron chi connectivity index (χ3n) is 3.11. The van der Waals surface area contributed by atoms with E-state index in [0.29, 0.717) is 11.7 Å². The van der Waals surface area contributed by atoms with Gasteiger partial charge in [-0.1, -0.05) is 12.1 Å². The lowest BCUT2D eigenvalue weighted by Crippen LogP contribution is -2.27. The van der Waals surface area contributed by atoms with Crippen molar-refractivity contribution in [2.75, 3.05) is 5.32 Å². The fourth-order valence-electron chi connectivity index (χ4n) is 1.99.